The average Bonchev–Trinajstić information content (AvgIpc) is 2.30. The molecule has 0 aromatic heterocycles. The van der Waals surface area contributed by atoms with Gasteiger partial charge in [0.2, 0.25) is 5.91 Å². The molecule has 0 fully saturated rings. The third-order valence-electron chi connectivity index (χ3n) is 2.24. The Bertz CT molecular complexity index is 472. The Hall–Kier alpha value is -1.75. The maximum absolute atomic E-state index is 11.6. The number of carbonyl (C=O) groups excluding carboxylic acids is 1. The molecule has 6 heteroatoms. The topological polar surface area (TPSA) is 87.7 Å². The van der Waals surface area contributed by atoms with E-state index in [-0.39, 0.29) is 17.7 Å². The second-order valence-corrected chi connectivity index (χ2v) is 4.73. The van der Waals surface area contributed by atoms with Crippen LogP contribution in [0.1, 0.15) is 25.8 Å². The lowest BCUT2D eigenvalue weighted by Crippen LogP contribution is -2.16. The molecule has 98 valence electrons. The van der Waals surface area contributed by atoms with Gasteiger partial charge < -0.3 is 16.3 Å². The minimum absolute atomic E-state index is 0.0361. The number of amides is 1. The number of halogens is 1. The number of amidine groups is 1. The van der Waals surface area contributed by atoms with E-state index in [1.807, 2.05) is 13.8 Å². The number of oxime groups is 1. The third kappa shape index (κ3) is 3.92. The summed E-state index contributed by atoms with van der Waals surface area (Å²) < 4.78 is 0. The van der Waals surface area contributed by atoms with Gasteiger partial charge in [-0.2, -0.15) is 0 Å². The monoisotopic (exact) mass is 269 g/mol. The summed E-state index contributed by atoms with van der Waals surface area (Å²) in [5, 5.41) is 14.6. The molecule has 0 radical (unpaired) electrons. The predicted octanol–water partition coefficient (Wildman–Crippen LogP) is 2.42. The van der Waals surface area contributed by atoms with Gasteiger partial charge in [0.15, 0.2) is 5.84 Å². The first kappa shape index (κ1) is 14.3. The SMILES string of the molecule is CC(C)CC(=O)Nc1cc(C(N)=NO)ccc1Cl. The highest BCUT2D eigenvalue weighted by molar-refractivity contribution is 6.33. The number of hydrogen-bond acceptors (Lipinski definition) is 3. The van der Waals surface area contributed by atoms with Crippen molar-refractivity contribution in [2.75, 3.05) is 5.32 Å². The lowest BCUT2D eigenvalue weighted by Gasteiger charge is -2.10. The van der Waals surface area contributed by atoms with E-state index in [4.69, 9.17) is 22.5 Å². The molecule has 1 aromatic rings. The Morgan fingerprint density at radius 2 is 2.22 bits per heavy atom. The van der Waals surface area contributed by atoms with Crippen LogP contribution in [0.25, 0.3) is 0 Å². The van der Waals surface area contributed by atoms with E-state index < -0.39 is 0 Å². The average molecular weight is 270 g/mol. The first-order valence-corrected chi connectivity index (χ1v) is 5.89. The quantitative estimate of drug-likeness (QED) is 0.339. The molecular weight excluding hydrogens is 254 g/mol. The number of nitrogens with zero attached hydrogens (tertiary/aromatic N) is 1. The highest BCUT2D eigenvalue weighted by Gasteiger charge is 2.10. The molecule has 0 aliphatic rings. The van der Waals surface area contributed by atoms with Crippen LogP contribution in [0.5, 0.6) is 0 Å². The number of benzene rings is 1. The normalized spacial score (nSPS) is 11.7. The van der Waals surface area contributed by atoms with E-state index in [0.29, 0.717) is 22.7 Å². The predicted molar refractivity (Wildman–Crippen MR) is 72.0 cm³/mol. The highest BCUT2D eigenvalue weighted by atomic mass is 35.5. The third-order valence-corrected chi connectivity index (χ3v) is 2.57. The summed E-state index contributed by atoms with van der Waals surface area (Å²) >= 11 is 5.97. The van der Waals surface area contributed by atoms with Crippen LogP contribution < -0.4 is 11.1 Å². The van der Waals surface area contributed by atoms with Crippen LogP contribution in [0.2, 0.25) is 5.02 Å². The summed E-state index contributed by atoms with van der Waals surface area (Å²) in [4.78, 5) is 11.6. The van der Waals surface area contributed by atoms with Crippen molar-refractivity contribution in [1.82, 2.24) is 0 Å². The van der Waals surface area contributed by atoms with Crippen molar-refractivity contribution in [1.29, 1.82) is 0 Å². The Labute approximate surface area is 111 Å². The summed E-state index contributed by atoms with van der Waals surface area (Å²) in [6.45, 7) is 3.90. The van der Waals surface area contributed by atoms with Crippen LogP contribution in [0, 0.1) is 5.92 Å². The molecule has 0 bridgehead atoms. The van der Waals surface area contributed by atoms with Crippen LogP contribution in [-0.4, -0.2) is 17.0 Å². The lowest BCUT2D eigenvalue weighted by atomic mass is 10.1. The Morgan fingerprint density at radius 1 is 1.56 bits per heavy atom. The van der Waals surface area contributed by atoms with Crippen molar-refractivity contribution in [3.05, 3.63) is 28.8 Å². The van der Waals surface area contributed by atoms with Gasteiger partial charge in [0.05, 0.1) is 10.7 Å². The second kappa shape index (κ2) is 6.26. The van der Waals surface area contributed by atoms with E-state index in [1.165, 1.54) is 0 Å². The van der Waals surface area contributed by atoms with Crippen LogP contribution in [0.15, 0.2) is 23.4 Å². The molecule has 0 unspecified atom stereocenters. The molecule has 0 spiro atoms. The molecule has 18 heavy (non-hydrogen) atoms. The van der Waals surface area contributed by atoms with Crippen molar-refractivity contribution in [3.63, 3.8) is 0 Å². The van der Waals surface area contributed by atoms with Gasteiger partial charge in [0.25, 0.3) is 0 Å². The molecule has 0 aliphatic heterocycles. The van der Waals surface area contributed by atoms with Crippen LogP contribution in [0.3, 0.4) is 0 Å². The summed E-state index contributed by atoms with van der Waals surface area (Å²) in [6, 6.07) is 4.75. The number of carbonyl (C=O) groups is 1. The Balaban J connectivity index is 2.91. The smallest absolute Gasteiger partial charge is 0.224 e. The summed E-state index contributed by atoms with van der Waals surface area (Å²) in [5.74, 6) is 0.102. The van der Waals surface area contributed by atoms with Crippen molar-refractivity contribution < 1.29 is 10.0 Å². The van der Waals surface area contributed by atoms with Crippen molar-refractivity contribution in [2.24, 2.45) is 16.8 Å². The number of hydrogen-bond donors (Lipinski definition) is 3. The Kier molecular flexibility index (Phi) is 4.97. The van der Waals surface area contributed by atoms with Crippen molar-refractivity contribution >= 4 is 29.0 Å². The van der Waals surface area contributed by atoms with Crippen LogP contribution >= 0.6 is 11.6 Å². The van der Waals surface area contributed by atoms with E-state index >= 15 is 0 Å². The van der Waals surface area contributed by atoms with Crippen LogP contribution in [0.4, 0.5) is 5.69 Å². The standard InChI is InChI=1S/C12H16ClN3O2/c1-7(2)5-11(17)15-10-6-8(12(14)16-18)3-4-9(10)13/h3-4,6-7,18H,5H2,1-2H3,(H2,14,16)(H,15,17). The molecule has 0 aliphatic carbocycles. The highest BCUT2D eigenvalue weighted by Crippen LogP contribution is 2.23. The fourth-order valence-corrected chi connectivity index (χ4v) is 1.57. The molecule has 0 saturated heterocycles. The number of nitrogens with two attached hydrogens (primary N) is 1. The lowest BCUT2D eigenvalue weighted by molar-refractivity contribution is -0.116. The molecule has 4 N–H and O–H groups in total. The minimum atomic E-state index is -0.122. The van der Waals surface area contributed by atoms with E-state index in [2.05, 4.69) is 10.5 Å². The van der Waals surface area contributed by atoms with Gasteiger partial charge in [-0.25, -0.2) is 0 Å². The summed E-state index contributed by atoms with van der Waals surface area (Å²) in [6.07, 6.45) is 0.407. The van der Waals surface area contributed by atoms with Gasteiger partial charge >= 0.3 is 0 Å². The maximum atomic E-state index is 11.6. The van der Waals surface area contributed by atoms with E-state index in [1.54, 1.807) is 18.2 Å². The molecular formula is C12H16ClN3O2. The Morgan fingerprint density at radius 3 is 2.78 bits per heavy atom. The fraction of sp³-hybridized carbons (Fsp3) is 0.333. The number of rotatable bonds is 4. The minimum Gasteiger partial charge on any atom is -0.409 e. The zero-order valence-electron chi connectivity index (χ0n) is 10.3. The maximum Gasteiger partial charge on any atom is 0.224 e. The van der Waals surface area contributed by atoms with Crippen molar-refractivity contribution in [3.8, 4) is 0 Å². The largest absolute Gasteiger partial charge is 0.409 e. The molecule has 0 heterocycles. The van der Waals surface area contributed by atoms with Gasteiger partial charge in [-0.05, 0) is 24.1 Å². The van der Waals surface area contributed by atoms with Crippen LogP contribution in [-0.2, 0) is 4.79 Å². The molecule has 5 nitrogen and oxygen atoms in total. The number of nitrogens with one attached hydrogen (secondary N) is 1. The molecule has 1 amide bonds. The van der Waals surface area contributed by atoms with Crippen molar-refractivity contribution in [2.45, 2.75) is 20.3 Å². The summed E-state index contributed by atoms with van der Waals surface area (Å²) in [5.41, 5.74) is 6.41. The zero-order valence-corrected chi connectivity index (χ0v) is 11.0. The van der Waals surface area contributed by atoms with Gasteiger partial charge in [-0.3, -0.25) is 4.79 Å². The second-order valence-electron chi connectivity index (χ2n) is 4.33. The van der Waals surface area contributed by atoms with Gasteiger partial charge in [-0.1, -0.05) is 30.6 Å². The molecule has 1 rings (SSSR count). The van der Waals surface area contributed by atoms with Gasteiger partial charge in [0.1, 0.15) is 0 Å². The first-order chi connectivity index (χ1) is 8.43. The zero-order chi connectivity index (χ0) is 13.7. The number of anilines is 1. The molecule has 0 saturated carbocycles. The van der Waals surface area contributed by atoms with Gasteiger partial charge in [-0.15, -0.1) is 0 Å². The van der Waals surface area contributed by atoms with Gasteiger partial charge in [0, 0.05) is 12.0 Å². The first-order valence-electron chi connectivity index (χ1n) is 5.51. The van der Waals surface area contributed by atoms with E-state index in [0.717, 1.165) is 0 Å². The van der Waals surface area contributed by atoms with E-state index in [9.17, 15) is 4.79 Å². The molecule has 0 atom stereocenters. The summed E-state index contributed by atoms with van der Waals surface area (Å²) in [7, 11) is 0. The molecule has 1 aromatic carbocycles. The fourth-order valence-electron chi connectivity index (χ4n) is 1.41.